The first-order valence-corrected chi connectivity index (χ1v) is 5.59. The van der Waals surface area contributed by atoms with Crippen LogP contribution in [0.25, 0.3) is 10.9 Å². The quantitative estimate of drug-likeness (QED) is 0.697. The zero-order chi connectivity index (χ0) is 10.3. The standard InChI is InChI=1S/C12H15N3/c13-9-6-3-7-10-11(9)12(15-14-10)8-4-1-2-5-8/h3,6-8H,1-2,4-5,13H2,(H,14,15). The van der Waals surface area contributed by atoms with E-state index in [1.54, 1.807) is 0 Å². The van der Waals surface area contributed by atoms with E-state index in [2.05, 4.69) is 10.2 Å². The van der Waals surface area contributed by atoms with Gasteiger partial charge in [-0.25, -0.2) is 0 Å². The molecule has 0 radical (unpaired) electrons. The van der Waals surface area contributed by atoms with E-state index >= 15 is 0 Å². The third-order valence-corrected chi connectivity index (χ3v) is 3.40. The molecule has 1 heterocycles. The molecule has 3 nitrogen and oxygen atoms in total. The van der Waals surface area contributed by atoms with Crippen LogP contribution in [0.5, 0.6) is 0 Å². The van der Waals surface area contributed by atoms with Crippen LogP contribution >= 0.6 is 0 Å². The third kappa shape index (κ3) is 1.30. The lowest BCUT2D eigenvalue weighted by Crippen LogP contribution is -1.95. The van der Waals surface area contributed by atoms with E-state index in [1.807, 2.05) is 18.2 Å². The van der Waals surface area contributed by atoms with Crippen LogP contribution in [0.4, 0.5) is 5.69 Å². The minimum atomic E-state index is 0.639. The Hall–Kier alpha value is -1.51. The number of hydrogen-bond donors (Lipinski definition) is 2. The molecule has 1 saturated carbocycles. The van der Waals surface area contributed by atoms with Gasteiger partial charge in [0.2, 0.25) is 0 Å². The second-order valence-electron chi connectivity index (χ2n) is 4.36. The maximum atomic E-state index is 6.01. The predicted octanol–water partition coefficient (Wildman–Crippen LogP) is 2.80. The Balaban J connectivity index is 2.18. The van der Waals surface area contributed by atoms with Crippen molar-refractivity contribution in [3.63, 3.8) is 0 Å². The van der Waals surface area contributed by atoms with Gasteiger partial charge in [0.05, 0.1) is 5.52 Å². The molecule has 0 bridgehead atoms. The Morgan fingerprint density at radius 3 is 2.87 bits per heavy atom. The summed E-state index contributed by atoms with van der Waals surface area (Å²) in [4.78, 5) is 0. The maximum Gasteiger partial charge on any atom is 0.0944 e. The van der Waals surface area contributed by atoms with Crippen molar-refractivity contribution in [1.82, 2.24) is 10.2 Å². The van der Waals surface area contributed by atoms with Crippen LogP contribution in [0.1, 0.15) is 37.3 Å². The highest BCUT2D eigenvalue weighted by Crippen LogP contribution is 2.37. The molecule has 1 aromatic carbocycles. The summed E-state index contributed by atoms with van der Waals surface area (Å²) >= 11 is 0. The number of benzene rings is 1. The minimum Gasteiger partial charge on any atom is -0.398 e. The molecule has 1 fully saturated rings. The van der Waals surface area contributed by atoms with Crippen molar-refractivity contribution < 1.29 is 0 Å². The van der Waals surface area contributed by atoms with Crippen molar-refractivity contribution in [1.29, 1.82) is 0 Å². The summed E-state index contributed by atoms with van der Waals surface area (Å²) in [6, 6.07) is 5.92. The maximum absolute atomic E-state index is 6.01. The Labute approximate surface area is 88.7 Å². The van der Waals surface area contributed by atoms with Gasteiger partial charge in [-0.15, -0.1) is 0 Å². The summed E-state index contributed by atoms with van der Waals surface area (Å²) in [5, 5.41) is 8.63. The Kier molecular flexibility index (Phi) is 1.91. The summed E-state index contributed by atoms with van der Waals surface area (Å²) in [5.74, 6) is 0.639. The van der Waals surface area contributed by atoms with Gasteiger partial charge in [0.1, 0.15) is 0 Å². The fraction of sp³-hybridized carbons (Fsp3) is 0.417. The number of fused-ring (bicyclic) bond motifs is 1. The van der Waals surface area contributed by atoms with E-state index in [4.69, 9.17) is 5.73 Å². The lowest BCUT2D eigenvalue weighted by Gasteiger charge is -2.07. The van der Waals surface area contributed by atoms with Crippen molar-refractivity contribution in [2.75, 3.05) is 5.73 Å². The van der Waals surface area contributed by atoms with E-state index < -0.39 is 0 Å². The molecule has 1 aliphatic carbocycles. The molecule has 0 atom stereocenters. The molecule has 0 aliphatic heterocycles. The summed E-state index contributed by atoms with van der Waals surface area (Å²) in [6.45, 7) is 0. The second kappa shape index (κ2) is 3.26. The topological polar surface area (TPSA) is 54.7 Å². The molecular formula is C12H15N3. The molecule has 1 aromatic heterocycles. The van der Waals surface area contributed by atoms with Crippen molar-refractivity contribution in [2.45, 2.75) is 31.6 Å². The zero-order valence-corrected chi connectivity index (χ0v) is 8.66. The third-order valence-electron chi connectivity index (χ3n) is 3.40. The number of hydrogen-bond acceptors (Lipinski definition) is 2. The molecule has 2 aromatic rings. The van der Waals surface area contributed by atoms with Gasteiger partial charge in [0.15, 0.2) is 0 Å². The lowest BCUT2D eigenvalue weighted by atomic mass is 10.00. The average molecular weight is 201 g/mol. The Morgan fingerprint density at radius 1 is 1.27 bits per heavy atom. The number of rotatable bonds is 1. The zero-order valence-electron chi connectivity index (χ0n) is 8.66. The van der Waals surface area contributed by atoms with Crippen LogP contribution < -0.4 is 5.73 Å². The number of nitrogens with one attached hydrogen (secondary N) is 1. The van der Waals surface area contributed by atoms with Gasteiger partial charge < -0.3 is 5.73 Å². The molecule has 3 N–H and O–H groups in total. The van der Waals surface area contributed by atoms with Crippen LogP contribution in [-0.2, 0) is 0 Å². The smallest absolute Gasteiger partial charge is 0.0944 e. The molecule has 3 heteroatoms. The molecule has 0 unspecified atom stereocenters. The monoisotopic (exact) mass is 201 g/mol. The van der Waals surface area contributed by atoms with Crippen LogP contribution in [0.15, 0.2) is 18.2 Å². The van der Waals surface area contributed by atoms with Gasteiger partial charge in [-0.1, -0.05) is 18.9 Å². The first-order chi connectivity index (χ1) is 7.36. The Bertz CT molecular complexity index is 481. The molecule has 0 amide bonds. The number of nitrogens with two attached hydrogens (primary N) is 1. The second-order valence-corrected chi connectivity index (χ2v) is 4.36. The molecule has 0 spiro atoms. The fourth-order valence-electron chi connectivity index (χ4n) is 2.63. The van der Waals surface area contributed by atoms with Crippen molar-refractivity contribution >= 4 is 16.6 Å². The highest BCUT2D eigenvalue weighted by atomic mass is 15.1. The molecular weight excluding hydrogens is 186 g/mol. The van der Waals surface area contributed by atoms with Crippen molar-refractivity contribution in [3.05, 3.63) is 23.9 Å². The van der Waals surface area contributed by atoms with Gasteiger partial charge in [-0.05, 0) is 25.0 Å². The fourth-order valence-corrected chi connectivity index (χ4v) is 2.63. The van der Waals surface area contributed by atoms with Crippen LogP contribution in [0.2, 0.25) is 0 Å². The lowest BCUT2D eigenvalue weighted by molar-refractivity contribution is 0.698. The number of nitrogens with zero attached hydrogens (tertiary/aromatic N) is 1. The van der Waals surface area contributed by atoms with Gasteiger partial charge in [-0.3, -0.25) is 5.10 Å². The first kappa shape index (κ1) is 8.77. The molecule has 78 valence electrons. The highest BCUT2D eigenvalue weighted by Gasteiger charge is 2.21. The number of aromatic amines is 1. The number of aromatic nitrogens is 2. The summed E-state index contributed by atoms with van der Waals surface area (Å²) in [5.41, 5.74) is 9.11. The predicted molar refractivity (Wildman–Crippen MR) is 61.7 cm³/mol. The largest absolute Gasteiger partial charge is 0.398 e. The summed E-state index contributed by atoms with van der Waals surface area (Å²) < 4.78 is 0. The first-order valence-electron chi connectivity index (χ1n) is 5.59. The SMILES string of the molecule is Nc1cccc2n[nH]c(C3CCCC3)c12. The number of H-pyrrole nitrogens is 1. The van der Waals surface area contributed by atoms with Crippen LogP contribution in [0, 0.1) is 0 Å². The Morgan fingerprint density at radius 2 is 2.07 bits per heavy atom. The van der Waals surface area contributed by atoms with E-state index in [9.17, 15) is 0 Å². The van der Waals surface area contributed by atoms with Crippen LogP contribution in [-0.4, -0.2) is 10.2 Å². The average Bonchev–Trinajstić information content (AvgIpc) is 2.85. The van der Waals surface area contributed by atoms with E-state index in [-0.39, 0.29) is 0 Å². The summed E-state index contributed by atoms with van der Waals surface area (Å²) in [7, 11) is 0. The van der Waals surface area contributed by atoms with Gasteiger partial charge in [0.25, 0.3) is 0 Å². The van der Waals surface area contributed by atoms with Gasteiger partial charge in [-0.2, -0.15) is 5.10 Å². The van der Waals surface area contributed by atoms with Crippen molar-refractivity contribution in [2.24, 2.45) is 0 Å². The van der Waals surface area contributed by atoms with E-state index in [1.165, 1.54) is 31.4 Å². The number of anilines is 1. The van der Waals surface area contributed by atoms with E-state index in [0.29, 0.717) is 5.92 Å². The minimum absolute atomic E-state index is 0.639. The summed E-state index contributed by atoms with van der Waals surface area (Å²) in [6.07, 6.45) is 5.20. The molecule has 15 heavy (non-hydrogen) atoms. The molecule has 3 rings (SSSR count). The normalized spacial score (nSPS) is 17.6. The van der Waals surface area contributed by atoms with Crippen LogP contribution in [0.3, 0.4) is 0 Å². The number of nitrogen functional groups attached to an aromatic ring is 1. The van der Waals surface area contributed by atoms with Gasteiger partial charge >= 0.3 is 0 Å². The highest BCUT2D eigenvalue weighted by molar-refractivity contribution is 5.92. The van der Waals surface area contributed by atoms with Gasteiger partial charge in [0, 0.05) is 22.7 Å². The van der Waals surface area contributed by atoms with E-state index in [0.717, 1.165) is 16.6 Å². The van der Waals surface area contributed by atoms with Crippen molar-refractivity contribution in [3.8, 4) is 0 Å². The molecule has 0 saturated heterocycles. The molecule has 1 aliphatic rings.